The van der Waals surface area contributed by atoms with Crippen molar-refractivity contribution in [2.75, 3.05) is 24.8 Å². The Morgan fingerprint density at radius 1 is 1.16 bits per heavy atom. The Morgan fingerprint density at radius 2 is 1.92 bits per heavy atom. The number of carbonyl (C=O) groups excluding carboxylic acids is 3. The average molecular weight is 545 g/mol. The number of esters is 1. The van der Waals surface area contributed by atoms with Gasteiger partial charge >= 0.3 is 5.97 Å². The van der Waals surface area contributed by atoms with Gasteiger partial charge in [-0.2, -0.15) is 0 Å². The lowest BCUT2D eigenvalue weighted by molar-refractivity contribution is -0.155. The number of hydrogen-bond acceptors (Lipinski definition) is 8. The molecule has 0 fully saturated rings. The zero-order valence-electron chi connectivity index (χ0n) is 21.4. The van der Waals surface area contributed by atoms with Crippen molar-refractivity contribution in [1.82, 2.24) is 14.3 Å². The highest BCUT2D eigenvalue weighted by Gasteiger charge is 2.24. The van der Waals surface area contributed by atoms with Crippen molar-refractivity contribution in [3.63, 3.8) is 0 Å². The first-order valence-electron chi connectivity index (χ1n) is 11.8. The number of amides is 2. The molecule has 0 saturated carbocycles. The van der Waals surface area contributed by atoms with E-state index < -0.39 is 23.5 Å². The second-order valence-electron chi connectivity index (χ2n) is 9.13. The fourth-order valence-electron chi connectivity index (χ4n) is 3.23. The van der Waals surface area contributed by atoms with Gasteiger partial charge in [0.15, 0.2) is 5.13 Å². The molecule has 1 atom stereocenters. The summed E-state index contributed by atoms with van der Waals surface area (Å²) >= 11 is 2.74. The molecule has 37 heavy (non-hydrogen) atoms. The number of thiazole rings is 1. The van der Waals surface area contributed by atoms with E-state index in [9.17, 15) is 14.4 Å². The Hall–Kier alpha value is -3.15. The summed E-state index contributed by atoms with van der Waals surface area (Å²) in [6, 6.07) is 10.4. The number of nitrogens with one attached hydrogen (secondary N) is 2. The van der Waals surface area contributed by atoms with E-state index in [1.54, 1.807) is 22.4 Å². The highest BCUT2D eigenvalue weighted by atomic mass is 32.2. The predicted octanol–water partition coefficient (Wildman–Crippen LogP) is 4.61. The molecule has 9 nitrogen and oxygen atoms in total. The number of anilines is 1. The number of ether oxygens (including phenoxy) is 2. The first-order valence-corrected chi connectivity index (χ1v) is 13.9. The van der Waals surface area contributed by atoms with Crippen LogP contribution in [0.5, 0.6) is 0 Å². The largest absolute Gasteiger partial charge is 0.460 e. The molecular formula is C26H32N4O5S2. The van der Waals surface area contributed by atoms with E-state index in [1.165, 1.54) is 23.3 Å². The molecule has 0 aliphatic rings. The van der Waals surface area contributed by atoms with Gasteiger partial charge in [0.1, 0.15) is 11.6 Å². The Labute approximate surface area is 225 Å². The van der Waals surface area contributed by atoms with Crippen LogP contribution in [0, 0.1) is 0 Å². The van der Waals surface area contributed by atoms with E-state index in [0.29, 0.717) is 17.1 Å². The van der Waals surface area contributed by atoms with E-state index in [-0.39, 0.29) is 25.6 Å². The van der Waals surface area contributed by atoms with Crippen molar-refractivity contribution in [1.29, 1.82) is 0 Å². The SMILES string of the molecule is CSn1ccc(C(=O)NC(COCCCC(=O)OC(C)(C)C)C(=O)Nc2nc(-c3ccccc3)cs2)c1. The normalized spacial score (nSPS) is 12.1. The molecule has 0 saturated heterocycles. The summed E-state index contributed by atoms with van der Waals surface area (Å²) in [5.41, 5.74) is 1.57. The summed E-state index contributed by atoms with van der Waals surface area (Å²) in [5.74, 6) is -1.15. The molecule has 2 N–H and O–H groups in total. The van der Waals surface area contributed by atoms with Crippen molar-refractivity contribution in [3.8, 4) is 11.3 Å². The van der Waals surface area contributed by atoms with E-state index in [4.69, 9.17) is 9.47 Å². The zero-order chi connectivity index (χ0) is 26.8. The van der Waals surface area contributed by atoms with Gasteiger partial charge in [-0.1, -0.05) is 30.3 Å². The molecule has 3 aromatic rings. The van der Waals surface area contributed by atoms with Crippen LogP contribution < -0.4 is 10.6 Å². The fourth-order valence-corrected chi connectivity index (χ4v) is 4.35. The molecule has 3 rings (SSSR count). The molecule has 2 aromatic heterocycles. The van der Waals surface area contributed by atoms with Crippen LogP contribution in [0.15, 0.2) is 54.2 Å². The third-order valence-corrected chi connectivity index (χ3v) is 6.35. The number of carbonyl (C=O) groups is 3. The van der Waals surface area contributed by atoms with Gasteiger partial charge in [-0.05, 0) is 45.2 Å². The zero-order valence-corrected chi connectivity index (χ0v) is 23.0. The number of nitrogens with zero attached hydrogens (tertiary/aromatic N) is 2. The standard InChI is InChI=1S/C26H32N4O5S2/c1-26(2,3)35-22(31)11-8-14-34-16-20(27-23(32)19-12-13-30(15-19)36-4)24(33)29-25-28-21(17-37-25)18-9-6-5-7-10-18/h5-7,9-10,12-13,15,17,20H,8,11,14,16H2,1-4H3,(H,27,32)(H,28,29,33). The van der Waals surface area contributed by atoms with Crippen LogP contribution in [-0.4, -0.2) is 57.9 Å². The minimum atomic E-state index is -0.962. The Morgan fingerprint density at radius 3 is 2.59 bits per heavy atom. The molecule has 1 aromatic carbocycles. The molecule has 2 amide bonds. The number of rotatable bonds is 12. The van der Waals surface area contributed by atoms with Gasteiger partial charge in [0, 0.05) is 42.6 Å². The van der Waals surface area contributed by atoms with Gasteiger partial charge in [0.25, 0.3) is 11.8 Å². The Bertz CT molecular complexity index is 1190. The fraction of sp³-hybridized carbons (Fsp3) is 0.385. The van der Waals surface area contributed by atoms with Gasteiger partial charge in [-0.3, -0.25) is 18.4 Å². The maximum atomic E-state index is 13.1. The van der Waals surface area contributed by atoms with Crippen LogP contribution in [0.4, 0.5) is 5.13 Å². The van der Waals surface area contributed by atoms with Crippen molar-refractivity contribution in [3.05, 3.63) is 59.7 Å². The molecule has 0 aliphatic carbocycles. The van der Waals surface area contributed by atoms with Gasteiger partial charge < -0.3 is 20.1 Å². The predicted molar refractivity (Wildman–Crippen MR) is 147 cm³/mol. The van der Waals surface area contributed by atoms with E-state index >= 15 is 0 Å². The second-order valence-corrected chi connectivity index (χ2v) is 10.8. The summed E-state index contributed by atoms with van der Waals surface area (Å²) in [5, 5.41) is 7.80. The van der Waals surface area contributed by atoms with Crippen LogP contribution in [0.25, 0.3) is 11.3 Å². The van der Waals surface area contributed by atoms with Gasteiger partial charge in [0.2, 0.25) is 0 Å². The molecule has 0 aliphatic heterocycles. The van der Waals surface area contributed by atoms with E-state index in [1.807, 2.05) is 62.7 Å². The topological polar surface area (TPSA) is 112 Å². The third kappa shape index (κ3) is 9.34. The quantitative estimate of drug-likeness (QED) is 0.253. The molecule has 0 spiro atoms. The number of aromatic nitrogens is 2. The molecule has 198 valence electrons. The van der Waals surface area contributed by atoms with Crippen LogP contribution in [0.3, 0.4) is 0 Å². The van der Waals surface area contributed by atoms with Crippen LogP contribution in [0.2, 0.25) is 0 Å². The number of hydrogen-bond donors (Lipinski definition) is 2. The molecule has 11 heteroatoms. The average Bonchev–Trinajstić information content (AvgIpc) is 3.52. The molecular weight excluding hydrogens is 512 g/mol. The van der Waals surface area contributed by atoms with Crippen molar-refractivity contribution in [2.45, 2.75) is 45.3 Å². The van der Waals surface area contributed by atoms with Gasteiger partial charge in [-0.25, -0.2) is 4.98 Å². The summed E-state index contributed by atoms with van der Waals surface area (Å²) in [6.45, 7) is 5.60. The minimum Gasteiger partial charge on any atom is -0.460 e. The summed E-state index contributed by atoms with van der Waals surface area (Å²) in [4.78, 5) is 42.3. The lowest BCUT2D eigenvalue weighted by Gasteiger charge is -2.20. The van der Waals surface area contributed by atoms with Crippen LogP contribution in [0.1, 0.15) is 44.0 Å². The van der Waals surface area contributed by atoms with Crippen LogP contribution >= 0.6 is 23.3 Å². The van der Waals surface area contributed by atoms with Gasteiger partial charge in [0.05, 0.1) is 17.9 Å². The first-order chi connectivity index (χ1) is 17.6. The Kier molecular flexibility index (Phi) is 10.3. The lowest BCUT2D eigenvalue weighted by atomic mass is 10.2. The van der Waals surface area contributed by atoms with Crippen LogP contribution in [-0.2, 0) is 19.1 Å². The van der Waals surface area contributed by atoms with E-state index in [2.05, 4.69) is 15.6 Å². The molecule has 2 heterocycles. The molecule has 1 unspecified atom stereocenters. The van der Waals surface area contributed by atoms with Crippen molar-refractivity contribution in [2.24, 2.45) is 0 Å². The summed E-state index contributed by atoms with van der Waals surface area (Å²) in [6.07, 6.45) is 5.97. The molecule has 0 bridgehead atoms. The monoisotopic (exact) mass is 544 g/mol. The first kappa shape index (κ1) is 28.4. The smallest absolute Gasteiger partial charge is 0.306 e. The second kappa shape index (κ2) is 13.4. The summed E-state index contributed by atoms with van der Waals surface area (Å²) < 4.78 is 12.7. The minimum absolute atomic E-state index is 0.0634. The highest BCUT2D eigenvalue weighted by molar-refractivity contribution is 7.97. The van der Waals surface area contributed by atoms with Crippen molar-refractivity contribution < 1.29 is 23.9 Å². The lowest BCUT2D eigenvalue weighted by Crippen LogP contribution is -2.46. The highest BCUT2D eigenvalue weighted by Crippen LogP contribution is 2.24. The van der Waals surface area contributed by atoms with E-state index in [0.717, 1.165) is 11.3 Å². The summed E-state index contributed by atoms with van der Waals surface area (Å²) in [7, 11) is 0. The maximum Gasteiger partial charge on any atom is 0.306 e. The third-order valence-electron chi connectivity index (χ3n) is 4.94. The Balaban J connectivity index is 1.60. The maximum absolute atomic E-state index is 13.1. The van der Waals surface area contributed by atoms with Gasteiger partial charge in [-0.15, -0.1) is 11.3 Å². The molecule has 0 radical (unpaired) electrons. The number of benzene rings is 1. The van der Waals surface area contributed by atoms with Crippen molar-refractivity contribution >= 4 is 46.2 Å².